The molecule has 0 aliphatic carbocycles. The van der Waals surface area contributed by atoms with Crippen molar-refractivity contribution in [3.63, 3.8) is 0 Å². The van der Waals surface area contributed by atoms with Crippen LogP contribution in [0.2, 0.25) is 0 Å². The standard InChI is InChI=1S/C16H30N12O/c17-11-23-12(18)25-14(24-11)20-7-3-1-4-8-21-15-26-13(19)27-16(28-15)22-9-5-2-6-10-29/h29H,1-10H2,(H5,17,18,20,23,24,25)(H4,19,21,22,26,27,28). The number of aromatic nitrogens is 6. The van der Waals surface area contributed by atoms with Gasteiger partial charge < -0.3 is 38.3 Å². The van der Waals surface area contributed by atoms with Crippen LogP contribution in [0.15, 0.2) is 0 Å². The van der Waals surface area contributed by atoms with Crippen molar-refractivity contribution < 1.29 is 5.11 Å². The molecule has 2 aromatic heterocycles. The highest BCUT2D eigenvalue weighted by molar-refractivity contribution is 5.39. The molecule has 2 rings (SSSR count). The zero-order valence-corrected chi connectivity index (χ0v) is 16.4. The van der Waals surface area contributed by atoms with Crippen molar-refractivity contribution in [2.75, 3.05) is 59.4 Å². The van der Waals surface area contributed by atoms with E-state index in [-0.39, 0.29) is 24.5 Å². The summed E-state index contributed by atoms with van der Waals surface area (Å²) in [6, 6.07) is 0. The summed E-state index contributed by atoms with van der Waals surface area (Å²) < 4.78 is 0. The third kappa shape index (κ3) is 9.01. The molecule has 29 heavy (non-hydrogen) atoms. The second kappa shape index (κ2) is 12.3. The number of hydrogen-bond donors (Lipinski definition) is 7. The van der Waals surface area contributed by atoms with Crippen molar-refractivity contribution in [1.82, 2.24) is 29.9 Å². The van der Waals surface area contributed by atoms with Crippen LogP contribution >= 0.6 is 0 Å². The molecule has 0 aliphatic rings. The minimum Gasteiger partial charge on any atom is -0.396 e. The first-order valence-electron chi connectivity index (χ1n) is 9.68. The Morgan fingerprint density at radius 3 is 1.34 bits per heavy atom. The molecule has 0 aliphatic heterocycles. The monoisotopic (exact) mass is 406 g/mol. The third-order valence-electron chi connectivity index (χ3n) is 3.86. The molecule has 13 nitrogen and oxygen atoms in total. The van der Waals surface area contributed by atoms with Crippen molar-refractivity contribution >= 4 is 35.7 Å². The van der Waals surface area contributed by atoms with Gasteiger partial charge in [0.2, 0.25) is 35.7 Å². The SMILES string of the molecule is Nc1nc(N)nc(NCCCCCNc2nc(N)nc(NCCCCCO)n2)n1. The zero-order valence-electron chi connectivity index (χ0n) is 16.4. The number of nitrogens with one attached hydrogen (secondary N) is 3. The van der Waals surface area contributed by atoms with Crippen LogP contribution in [0, 0.1) is 0 Å². The number of anilines is 6. The Kier molecular flexibility index (Phi) is 9.35. The summed E-state index contributed by atoms with van der Waals surface area (Å²) in [6.07, 6.45) is 5.49. The van der Waals surface area contributed by atoms with E-state index < -0.39 is 0 Å². The van der Waals surface area contributed by atoms with E-state index in [1.807, 2.05) is 0 Å². The lowest BCUT2D eigenvalue weighted by molar-refractivity contribution is 0.283. The molecule has 0 spiro atoms. The molecule has 160 valence electrons. The van der Waals surface area contributed by atoms with E-state index in [9.17, 15) is 0 Å². The minimum absolute atomic E-state index is 0.0971. The zero-order chi connectivity index (χ0) is 20.9. The molecule has 10 N–H and O–H groups in total. The number of rotatable bonds is 14. The maximum Gasteiger partial charge on any atom is 0.229 e. The van der Waals surface area contributed by atoms with Gasteiger partial charge >= 0.3 is 0 Å². The van der Waals surface area contributed by atoms with Crippen LogP contribution in [0.1, 0.15) is 38.5 Å². The fraction of sp³-hybridized carbons (Fsp3) is 0.625. The normalized spacial score (nSPS) is 10.7. The first-order valence-corrected chi connectivity index (χ1v) is 9.68. The molecule has 0 saturated carbocycles. The summed E-state index contributed by atoms with van der Waals surface area (Å²) >= 11 is 0. The van der Waals surface area contributed by atoms with E-state index in [4.69, 9.17) is 22.3 Å². The molecule has 2 heterocycles. The first-order chi connectivity index (χ1) is 14.1. The molecular weight excluding hydrogens is 376 g/mol. The Morgan fingerprint density at radius 1 is 0.517 bits per heavy atom. The van der Waals surface area contributed by atoms with E-state index in [0.717, 1.165) is 38.5 Å². The van der Waals surface area contributed by atoms with Gasteiger partial charge in [0.15, 0.2) is 0 Å². The number of aliphatic hydroxyl groups excluding tert-OH is 1. The summed E-state index contributed by atoms with van der Waals surface area (Å²) in [5, 5.41) is 18.1. The summed E-state index contributed by atoms with van der Waals surface area (Å²) in [5.74, 6) is 1.64. The van der Waals surface area contributed by atoms with E-state index in [1.165, 1.54) is 0 Å². The van der Waals surface area contributed by atoms with E-state index >= 15 is 0 Å². The highest BCUT2D eigenvalue weighted by Gasteiger charge is 2.04. The highest BCUT2D eigenvalue weighted by Crippen LogP contribution is 2.08. The molecule has 0 atom stereocenters. The van der Waals surface area contributed by atoms with Gasteiger partial charge in [0.1, 0.15) is 0 Å². The highest BCUT2D eigenvalue weighted by atomic mass is 16.2. The molecule has 0 bridgehead atoms. The molecule has 0 fully saturated rings. The summed E-state index contributed by atoms with van der Waals surface area (Å²) in [6.45, 7) is 2.34. The van der Waals surface area contributed by atoms with E-state index in [1.54, 1.807) is 0 Å². The van der Waals surface area contributed by atoms with Crippen molar-refractivity contribution in [1.29, 1.82) is 0 Å². The van der Waals surface area contributed by atoms with Gasteiger partial charge in [-0.3, -0.25) is 0 Å². The topological polar surface area (TPSA) is 212 Å². The Bertz CT molecular complexity index is 724. The molecule has 13 heteroatoms. The second-order valence-corrected chi connectivity index (χ2v) is 6.34. The quantitative estimate of drug-likeness (QED) is 0.207. The molecule has 0 saturated heterocycles. The number of hydrogen-bond acceptors (Lipinski definition) is 13. The fourth-order valence-corrected chi connectivity index (χ4v) is 2.48. The van der Waals surface area contributed by atoms with Crippen LogP contribution in [0.3, 0.4) is 0 Å². The predicted molar refractivity (Wildman–Crippen MR) is 113 cm³/mol. The Morgan fingerprint density at radius 2 is 0.897 bits per heavy atom. The largest absolute Gasteiger partial charge is 0.396 e. The van der Waals surface area contributed by atoms with Gasteiger partial charge in [-0.15, -0.1) is 0 Å². The molecule has 2 aromatic rings. The maximum atomic E-state index is 8.78. The second-order valence-electron chi connectivity index (χ2n) is 6.34. The van der Waals surface area contributed by atoms with Crippen molar-refractivity contribution in [3.05, 3.63) is 0 Å². The lowest BCUT2D eigenvalue weighted by Gasteiger charge is -2.09. The molecule has 0 radical (unpaired) electrons. The predicted octanol–water partition coefficient (Wildman–Crippen LogP) is 0.0720. The third-order valence-corrected chi connectivity index (χ3v) is 3.86. The van der Waals surface area contributed by atoms with Gasteiger partial charge in [-0.25, -0.2) is 0 Å². The van der Waals surface area contributed by atoms with Gasteiger partial charge in [0.05, 0.1) is 0 Å². The molecule has 0 aromatic carbocycles. The summed E-state index contributed by atoms with van der Waals surface area (Å²) in [4.78, 5) is 24.1. The lowest BCUT2D eigenvalue weighted by atomic mass is 10.2. The first kappa shape index (κ1) is 22.1. The number of nitrogens with two attached hydrogens (primary N) is 3. The smallest absolute Gasteiger partial charge is 0.229 e. The Hall–Kier alpha value is -3.22. The summed E-state index contributed by atoms with van der Waals surface area (Å²) in [5.41, 5.74) is 16.8. The number of unbranched alkanes of at least 4 members (excludes halogenated alkanes) is 4. The van der Waals surface area contributed by atoms with Crippen LogP contribution < -0.4 is 33.2 Å². The van der Waals surface area contributed by atoms with Crippen LogP contribution in [-0.2, 0) is 0 Å². The fourth-order valence-electron chi connectivity index (χ4n) is 2.48. The van der Waals surface area contributed by atoms with Crippen molar-refractivity contribution in [2.24, 2.45) is 0 Å². The van der Waals surface area contributed by atoms with Gasteiger partial charge in [-0.2, -0.15) is 29.9 Å². The van der Waals surface area contributed by atoms with Crippen LogP contribution in [-0.4, -0.2) is 61.3 Å². The number of nitrogen functional groups attached to an aromatic ring is 3. The lowest BCUT2D eigenvalue weighted by Crippen LogP contribution is -2.13. The average molecular weight is 406 g/mol. The van der Waals surface area contributed by atoms with Gasteiger partial charge in [-0.05, 0) is 38.5 Å². The molecule has 0 unspecified atom stereocenters. The van der Waals surface area contributed by atoms with E-state index in [2.05, 4.69) is 45.9 Å². The summed E-state index contributed by atoms with van der Waals surface area (Å²) in [7, 11) is 0. The van der Waals surface area contributed by atoms with Crippen LogP contribution in [0.25, 0.3) is 0 Å². The minimum atomic E-state index is 0.0971. The van der Waals surface area contributed by atoms with Crippen LogP contribution in [0.4, 0.5) is 35.7 Å². The van der Waals surface area contributed by atoms with E-state index in [0.29, 0.717) is 37.5 Å². The Labute approximate surface area is 169 Å². The van der Waals surface area contributed by atoms with Crippen molar-refractivity contribution in [2.45, 2.75) is 38.5 Å². The number of aliphatic hydroxyl groups is 1. The van der Waals surface area contributed by atoms with Crippen LogP contribution in [0.5, 0.6) is 0 Å². The van der Waals surface area contributed by atoms with Gasteiger partial charge in [0.25, 0.3) is 0 Å². The Balaban J connectivity index is 1.61. The van der Waals surface area contributed by atoms with Gasteiger partial charge in [0, 0.05) is 26.2 Å². The average Bonchev–Trinajstić information content (AvgIpc) is 2.66. The number of nitrogens with zero attached hydrogens (tertiary/aromatic N) is 6. The van der Waals surface area contributed by atoms with Crippen molar-refractivity contribution in [3.8, 4) is 0 Å². The maximum absolute atomic E-state index is 8.78. The molecule has 0 amide bonds. The van der Waals surface area contributed by atoms with Gasteiger partial charge in [-0.1, -0.05) is 0 Å². The molecular formula is C16H30N12O.